The Kier molecular flexibility index (Phi) is 2.72. The topological polar surface area (TPSA) is 44.1 Å². The molecule has 0 radical (unpaired) electrons. The average Bonchev–Trinajstić information content (AvgIpc) is 3.01. The van der Waals surface area contributed by atoms with Crippen LogP contribution in [0.25, 0.3) is 0 Å². The predicted molar refractivity (Wildman–Crippen MR) is 52.3 cm³/mol. The largest absolute Gasteiger partial charge is 0.342 e. The third-order valence-corrected chi connectivity index (χ3v) is 3.14. The third-order valence-electron chi connectivity index (χ3n) is 3.14. The standard InChI is InChI=1S/C11H16N2O/c12-6-5-9-2-1-7-13(8-9)11(14)10-3-4-10/h9-10H,1-5,7-8H2. The first-order valence-electron chi connectivity index (χ1n) is 5.47. The molecule has 1 heterocycles. The van der Waals surface area contributed by atoms with Gasteiger partial charge in [-0.2, -0.15) is 5.26 Å². The molecule has 0 aromatic rings. The summed E-state index contributed by atoms with van der Waals surface area (Å²) in [6.45, 7) is 1.74. The van der Waals surface area contributed by atoms with Crippen LogP contribution in [-0.4, -0.2) is 23.9 Å². The van der Waals surface area contributed by atoms with E-state index in [0.717, 1.165) is 38.8 Å². The van der Waals surface area contributed by atoms with E-state index in [-0.39, 0.29) is 0 Å². The molecule has 1 atom stereocenters. The number of rotatable bonds is 2. The van der Waals surface area contributed by atoms with Crippen LogP contribution in [0.5, 0.6) is 0 Å². The van der Waals surface area contributed by atoms with Crippen LogP contribution in [0.2, 0.25) is 0 Å². The summed E-state index contributed by atoms with van der Waals surface area (Å²) in [5.41, 5.74) is 0. The van der Waals surface area contributed by atoms with Crippen LogP contribution in [-0.2, 0) is 4.79 Å². The molecule has 2 aliphatic rings. The molecule has 14 heavy (non-hydrogen) atoms. The van der Waals surface area contributed by atoms with Crippen molar-refractivity contribution < 1.29 is 4.79 Å². The first kappa shape index (κ1) is 9.51. The summed E-state index contributed by atoms with van der Waals surface area (Å²) in [5, 5.41) is 8.61. The fourth-order valence-electron chi connectivity index (χ4n) is 2.15. The molecule has 1 unspecified atom stereocenters. The lowest BCUT2D eigenvalue weighted by molar-refractivity contribution is -0.134. The van der Waals surface area contributed by atoms with Crippen molar-refractivity contribution in [2.45, 2.75) is 32.1 Å². The minimum atomic E-state index is 0.329. The normalized spacial score (nSPS) is 27.1. The van der Waals surface area contributed by atoms with Gasteiger partial charge in [-0.15, -0.1) is 0 Å². The summed E-state index contributed by atoms with van der Waals surface area (Å²) in [7, 11) is 0. The number of carbonyl (C=O) groups excluding carboxylic acids is 1. The number of nitriles is 1. The lowest BCUT2D eigenvalue weighted by atomic mass is 9.95. The van der Waals surface area contributed by atoms with Crippen molar-refractivity contribution >= 4 is 5.91 Å². The van der Waals surface area contributed by atoms with Gasteiger partial charge in [-0.1, -0.05) is 0 Å². The van der Waals surface area contributed by atoms with E-state index in [1.807, 2.05) is 4.90 Å². The minimum Gasteiger partial charge on any atom is -0.342 e. The molecule has 1 aliphatic carbocycles. The van der Waals surface area contributed by atoms with Gasteiger partial charge < -0.3 is 4.90 Å². The molecular weight excluding hydrogens is 176 g/mol. The minimum absolute atomic E-state index is 0.329. The predicted octanol–water partition coefficient (Wildman–Crippen LogP) is 1.55. The molecule has 1 aliphatic heterocycles. The Morgan fingerprint density at radius 2 is 2.21 bits per heavy atom. The fraction of sp³-hybridized carbons (Fsp3) is 0.818. The van der Waals surface area contributed by atoms with E-state index >= 15 is 0 Å². The molecule has 2 fully saturated rings. The molecule has 0 aromatic heterocycles. The smallest absolute Gasteiger partial charge is 0.225 e. The molecule has 76 valence electrons. The van der Waals surface area contributed by atoms with Crippen LogP contribution in [0.15, 0.2) is 0 Å². The maximum Gasteiger partial charge on any atom is 0.225 e. The van der Waals surface area contributed by atoms with E-state index in [9.17, 15) is 4.79 Å². The van der Waals surface area contributed by atoms with Crippen molar-refractivity contribution in [3.05, 3.63) is 0 Å². The molecule has 1 saturated carbocycles. The van der Waals surface area contributed by atoms with Gasteiger partial charge in [-0.3, -0.25) is 4.79 Å². The second-order valence-electron chi connectivity index (χ2n) is 4.43. The van der Waals surface area contributed by atoms with E-state index in [4.69, 9.17) is 5.26 Å². The van der Waals surface area contributed by atoms with Gasteiger partial charge in [-0.25, -0.2) is 0 Å². The van der Waals surface area contributed by atoms with Crippen molar-refractivity contribution in [2.75, 3.05) is 13.1 Å². The quantitative estimate of drug-likeness (QED) is 0.666. The Hall–Kier alpha value is -1.04. The number of nitrogens with zero attached hydrogens (tertiary/aromatic N) is 2. The summed E-state index contributed by atoms with van der Waals surface area (Å²) in [5.74, 6) is 1.10. The van der Waals surface area contributed by atoms with E-state index in [0.29, 0.717) is 24.2 Å². The molecule has 1 amide bonds. The second-order valence-corrected chi connectivity index (χ2v) is 4.43. The number of hydrogen-bond donors (Lipinski definition) is 0. The second kappa shape index (κ2) is 4.00. The first-order valence-corrected chi connectivity index (χ1v) is 5.47. The van der Waals surface area contributed by atoms with Crippen LogP contribution >= 0.6 is 0 Å². The fourth-order valence-corrected chi connectivity index (χ4v) is 2.15. The SMILES string of the molecule is N#CCC1CCCN(C(=O)C2CC2)C1. The molecule has 1 saturated heterocycles. The number of carbonyl (C=O) groups is 1. The van der Waals surface area contributed by atoms with Gasteiger partial charge in [0.05, 0.1) is 6.07 Å². The van der Waals surface area contributed by atoms with Gasteiger partial charge in [0.2, 0.25) is 5.91 Å². The molecule has 0 aromatic carbocycles. The number of hydrogen-bond acceptors (Lipinski definition) is 2. The van der Waals surface area contributed by atoms with Crippen LogP contribution in [0.4, 0.5) is 0 Å². The van der Waals surface area contributed by atoms with Crippen molar-refractivity contribution in [1.29, 1.82) is 5.26 Å². The van der Waals surface area contributed by atoms with Crippen molar-refractivity contribution in [2.24, 2.45) is 11.8 Å². The Labute approximate surface area is 84.7 Å². The van der Waals surface area contributed by atoms with Gasteiger partial charge in [-0.05, 0) is 31.6 Å². The van der Waals surface area contributed by atoms with E-state index < -0.39 is 0 Å². The zero-order valence-corrected chi connectivity index (χ0v) is 8.41. The summed E-state index contributed by atoms with van der Waals surface area (Å²) < 4.78 is 0. The van der Waals surface area contributed by atoms with Crippen molar-refractivity contribution in [3.63, 3.8) is 0 Å². The highest BCUT2D eigenvalue weighted by atomic mass is 16.2. The van der Waals surface area contributed by atoms with Gasteiger partial charge in [0.1, 0.15) is 0 Å². The maximum atomic E-state index is 11.8. The molecule has 3 heteroatoms. The average molecular weight is 192 g/mol. The lowest BCUT2D eigenvalue weighted by Crippen LogP contribution is -2.40. The summed E-state index contributed by atoms with van der Waals surface area (Å²) >= 11 is 0. The maximum absolute atomic E-state index is 11.8. The first-order chi connectivity index (χ1) is 6.81. The lowest BCUT2D eigenvalue weighted by Gasteiger charge is -2.31. The van der Waals surface area contributed by atoms with E-state index in [2.05, 4.69) is 6.07 Å². The van der Waals surface area contributed by atoms with Crippen molar-refractivity contribution in [3.8, 4) is 6.07 Å². The highest BCUT2D eigenvalue weighted by Crippen LogP contribution is 2.32. The van der Waals surface area contributed by atoms with E-state index in [1.165, 1.54) is 0 Å². The third kappa shape index (κ3) is 2.06. The molecule has 0 N–H and O–H groups in total. The van der Waals surface area contributed by atoms with Gasteiger partial charge in [0.25, 0.3) is 0 Å². The molecular formula is C11H16N2O. The molecule has 2 rings (SSSR count). The Morgan fingerprint density at radius 3 is 2.86 bits per heavy atom. The van der Waals surface area contributed by atoms with Gasteiger partial charge in [0.15, 0.2) is 0 Å². The molecule has 3 nitrogen and oxygen atoms in total. The van der Waals surface area contributed by atoms with Crippen LogP contribution in [0, 0.1) is 23.2 Å². The summed E-state index contributed by atoms with van der Waals surface area (Å²) in [6.07, 6.45) is 4.96. The highest BCUT2D eigenvalue weighted by Gasteiger charge is 2.35. The number of piperidine rings is 1. The Bertz CT molecular complexity index is 265. The van der Waals surface area contributed by atoms with E-state index in [1.54, 1.807) is 0 Å². The number of amides is 1. The monoisotopic (exact) mass is 192 g/mol. The Balaban J connectivity index is 1.87. The van der Waals surface area contributed by atoms with Crippen LogP contribution in [0.3, 0.4) is 0 Å². The zero-order valence-electron chi connectivity index (χ0n) is 8.41. The van der Waals surface area contributed by atoms with Gasteiger partial charge in [0, 0.05) is 25.4 Å². The summed E-state index contributed by atoms with van der Waals surface area (Å²) in [6, 6.07) is 2.20. The Morgan fingerprint density at radius 1 is 1.43 bits per heavy atom. The zero-order chi connectivity index (χ0) is 9.97. The number of likely N-dealkylation sites (tertiary alicyclic amines) is 1. The molecule has 0 spiro atoms. The summed E-state index contributed by atoms with van der Waals surface area (Å²) in [4.78, 5) is 13.7. The van der Waals surface area contributed by atoms with Crippen molar-refractivity contribution in [1.82, 2.24) is 4.90 Å². The highest BCUT2D eigenvalue weighted by molar-refractivity contribution is 5.81. The molecule has 0 bridgehead atoms. The van der Waals surface area contributed by atoms with Gasteiger partial charge >= 0.3 is 0 Å². The van der Waals surface area contributed by atoms with Crippen LogP contribution in [0.1, 0.15) is 32.1 Å². The van der Waals surface area contributed by atoms with Crippen LogP contribution < -0.4 is 0 Å².